The fraction of sp³-hybridized carbons (Fsp3) is 0.179. The van der Waals surface area contributed by atoms with Gasteiger partial charge in [0.05, 0.1) is 33.6 Å². The molecule has 1 unspecified atom stereocenters. The molecule has 5 heterocycles. The minimum absolute atomic E-state index is 0.112. The van der Waals surface area contributed by atoms with Gasteiger partial charge in [0, 0.05) is 71.0 Å². The van der Waals surface area contributed by atoms with E-state index in [1.54, 1.807) is 0 Å². The number of rotatable bonds is 8. The van der Waals surface area contributed by atoms with Crippen LogP contribution in [0.15, 0.2) is 277 Å². The highest BCUT2D eigenvalue weighted by Gasteiger charge is 2.51. The van der Waals surface area contributed by atoms with Crippen LogP contribution >= 0.6 is 0 Å². The second-order valence-corrected chi connectivity index (χ2v) is 32.4. The summed E-state index contributed by atoms with van der Waals surface area (Å²) in [5.41, 5.74) is 22.8. The monoisotopic (exact) mass is 1330 g/mol. The van der Waals surface area contributed by atoms with Crippen LogP contribution in [0.3, 0.4) is 0 Å². The van der Waals surface area contributed by atoms with Gasteiger partial charge in [-0.05, 0) is 163 Å². The van der Waals surface area contributed by atoms with Gasteiger partial charge in [0.2, 0.25) is 0 Å². The highest BCUT2D eigenvalue weighted by molar-refractivity contribution is 6.27. The molecule has 1 aliphatic carbocycles. The van der Waals surface area contributed by atoms with Crippen molar-refractivity contribution in [2.45, 2.75) is 110 Å². The van der Waals surface area contributed by atoms with E-state index in [0.29, 0.717) is 0 Å². The molecule has 0 amide bonds. The lowest BCUT2D eigenvalue weighted by atomic mass is 9.66. The van der Waals surface area contributed by atoms with E-state index in [0.717, 1.165) is 177 Å². The maximum atomic E-state index is 7.85. The first-order valence-electron chi connectivity index (χ1n) is 35.8. The lowest BCUT2D eigenvalue weighted by Crippen LogP contribution is -2.29. The van der Waals surface area contributed by atoms with Crippen LogP contribution in [0.1, 0.15) is 128 Å². The Hall–Kier alpha value is -11.5. The van der Waals surface area contributed by atoms with Crippen molar-refractivity contribution in [2.24, 2.45) is 0 Å². The normalized spacial score (nSPS) is 14.5. The molecule has 1 atom stereocenters. The van der Waals surface area contributed by atoms with Crippen LogP contribution in [0, 0.1) is 0 Å². The fourth-order valence-electron chi connectivity index (χ4n) is 16.7. The molecule has 0 fully saturated rings. The number of hydrogen-bond acceptors (Lipinski definition) is 7. The number of nitrogens with zero attached hydrogens (tertiary/aromatic N) is 2. The van der Waals surface area contributed by atoms with E-state index in [-0.39, 0.29) is 21.7 Å². The minimum Gasteiger partial charge on any atom is -0.456 e. The lowest BCUT2D eigenvalue weighted by Gasteiger charge is -2.36. The highest BCUT2D eigenvalue weighted by Crippen LogP contribution is 2.65. The zero-order valence-electron chi connectivity index (χ0n) is 59.7. The molecule has 0 radical (unpaired) electrons. The number of furan rings is 5. The van der Waals surface area contributed by atoms with E-state index >= 15 is 0 Å². The van der Waals surface area contributed by atoms with E-state index in [1.807, 2.05) is 0 Å². The SMILES string of the molecule is CC(C)(C)c1ccc(N(c2cccc3c2oc2ccccc23)c2cc3c(c4c2oc2ccccc24)-c2c(cc(N(c4ccc(C(C)(C)C)cc4)c4cccc5c4oc4ccccc45)c4c2oc2ccccc24)C3(c2ccc(C(C)(C)C)cc2)c2ccc3oc4ccc(C(C)(C)C)cc4c3c2)cc1. The van der Waals surface area contributed by atoms with Gasteiger partial charge in [-0.2, -0.15) is 0 Å². The number of para-hydroxylation sites is 6. The molecule has 7 heteroatoms. The van der Waals surface area contributed by atoms with Gasteiger partial charge < -0.3 is 31.9 Å². The molecule has 0 saturated carbocycles. The van der Waals surface area contributed by atoms with E-state index in [1.165, 1.54) is 22.3 Å². The first kappa shape index (κ1) is 61.5. The average molecular weight is 1330 g/mol. The smallest absolute Gasteiger partial charge is 0.160 e. The zero-order valence-corrected chi connectivity index (χ0v) is 59.7. The summed E-state index contributed by atoms with van der Waals surface area (Å²) in [7, 11) is 0. The van der Waals surface area contributed by atoms with Crippen LogP contribution < -0.4 is 9.80 Å². The quantitative estimate of drug-likeness (QED) is 0.150. The largest absolute Gasteiger partial charge is 0.456 e. The number of benzene rings is 13. The summed E-state index contributed by atoms with van der Waals surface area (Å²) < 4.78 is 36.8. The van der Waals surface area contributed by atoms with Gasteiger partial charge in [0.15, 0.2) is 16.7 Å². The van der Waals surface area contributed by atoms with Gasteiger partial charge in [0.25, 0.3) is 0 Å². The Labute approximate surface area is 592 Å². The van der Waals surface area contributed by atoms with Crippen molar-refractivity contribution in [3.8, 4) is 11.1 Å². The van der Waals surface area contributed by atoms with E-state index in [9.17, 15) is 0 Å². The predicted octanol–water partition coefficient (Wildman–Crippen LogP) is 27.7. The molecule has 0 spiro atoms. The molecular formula is C95H78N2O5. The van der Waals surface area contributed by atoms with Crippen LogP contribution in [0.4, 0.5) is 34.1 Å². The summed E-state index contributed by atoms with van der Waals surface area (Å²) in [5, 5.41) is 10.2. The summed E-state index contributed by atoms with van der Waals surface area (Å²) in [6, 6.07) is 93.6. The Morgan fingerprint density at radius 3 is 1.14 bits per heavy atom. The van der Waals surface area contributed by atoms with Gasteiger partial charge >= 0.3 is 0 Å². The molecule has 7 nitrogen and oxygen atoms in total. The van der Waals surface area contributed by atoms with Crippen molar-refractivity contribution >= 4 is 144 Å². The van der Waals surface area contributed by atoms with Gasteiger partial charge in [-0.3, -0.25) is 0 Å². The second kappa shape index (κ2) is 21.7. The fourth-order valence-corrected chi connectivity index (χ4v) is 16.7. The molecule has 0 saturated heterocycles. The molecule has 5 aromatic heterocycles. The predicted molar refractivity (Wildman–Crippen MR) is 424 cm³/mol. The van der Waals surface area contributed by atoms with Crippen LogP contribution in [0.2, 0.25) is 0 Å². The molecule has 13 aromatic carbocycles. The number of anilines is 6. The Balaban J connectivity index is 1.03. The van der Waals surface area contributed by atoms with Crippen LogP contribution in [-0.2, 0) is 27.1 Å². The number of fused-ring (bicyclic) bond motifs is 20. The number of hydrogen-bond donors (Lipinski definition) is 0. The minimum atomic E-state index is -1.15. The molecular weight excluding hydrogens is 1250 g/mol. The maximum absolute atomic E-state index is 7.85. The lowest BCUT2D eigenvalue weighted by molar-refractivity contribution is 0.589. The molecule has 19 rings (SSSR count). The summed E-state index contributed by atoms with van der Waals surface area (Å²) >= 11 is 0. The van der Waals surface area contributed by atoms with Crippen LogP contribution in [0.25, 0.3) is 121 Å². The van der Waals surface area contributed by atoms with Gasteiger partial charge in [0.1, 0.15) is 39.1 Å². The van der Waals surface area contributed by atoms with E-state index in [4.69, 9.17) is 22.1 Å². The van der Waals surface area contributed by atoms with Crippen LogP contribution in [-0.4, -0.2) is 0 Å². The molecule has 0 aliphatic heterocycles. The maximum Gasteiger partial charge on any atom is 0.160 e. The zero-order chi connectivity index (χ0) is 69.7. The molecule has 0 N–H and O–H groups in total. The molecule has 0 bridgehead atoms. The third-order valence-electron chi connectivity index (χ3n) is 22.0. The standard InChI is InChI=1S/C95H78N2O5/c1-91(2,3)55-35-37-58(38-36-55)95(60-44-50-82-70(52-60)69-51-59(94(10,11)12)43-49-81(69)98-82)71-54-76(97(62-47-41-57(42-48-62)93(7,8)9)74-30-22-28-66-64-24-14-18-32-78(64)100-88(66)74)89-84(68-26-16-20-34-80(68)101-89)85(71)86-72(95)53-75(83-67-25-15-19-33-79(67)102-90(83)86)96(61-45-39-56(40-46-61)92(4,5)6)73-29-21-27-65-63-23-13-17-31-77(63)99-87(65)73/h13-54H,1-12H3. The Morgan fingerprint density at radius 1 is 0.245 bits per heavy atom. The van der Waals surface area contributed by atoms with E-state index in [2.05, 4.69) is 348 Å². The van der Waals surface area contributed by atoms with Crippen LogP contribution in [0.5, 0.6) is 0 Å². The molecule has 18 aromatic rings. The summed E-state index contributed by atoms with van der Waals surface area (Å²) in [5.74, 6) is 0. The van der Waals surface area contributed by atoms with Crippen molar-refractivity contribution in [3.63, 3.8) is 0 Å². The van der Waals surface area contributed by atoms with Gasteiger partial charge in [-0.1, -0.05) is 241 Å². The van der Waals surface area contributed by atoms with Crippen molar-refractivity contribution in [2.75, 3.05) is 9.80 Å². The summed E-state index contributed by atoms with van der Waals surface area (Å²) in [6.07, 6.45) is 0. The highest BCUT2D eigenvalue weighted by atomic mass is 16.3. The summed E-state index contributed by atoms with van der Waals surface area (Å²) in [6.45, 7) is 27.4. The van der Waals surface area contributed by atoms with Gasteiger partial charge in [-0.15, -0.1) is 0 Å². The first-order chi connectivity index (χ1) is 49.1. The average Bonchev–Trinajstić information content (AvgIpc) is 1.49. The van der Waals surface area contributed by atoms with Crippen molar-refractivity contribution < 1.29 is 22.1 Å². The third-order valence-corrected chi connectivity index (χ3v) is 22.0. The second-order valence-electron chi connectivity index (χ2n) is 32.4. The third kappa shape index (κ3) is 9.12. The van der Waals surface area contributed by atoms with Crippen molar-refractivity contribution in [1.82, 2.24) is 0 Å². The molecule has 102 heavy (non-hydrogen) atoms. The topological polar surface area (TPSA) is 72.2 Å². The Kier molecular flexibility index (Phi) is 13.1. The van der Waals surface area contributed by atoms with Gasteiger partial charge in [-0.25, -0.2) is 0 Å². The Morgan fingerprint density at radius 2 is 0.618 bits per heavy atom. The molecule has 498 valence electrons. The Bertz CT molecular complexity index is 6480. The van der Waals surface area contributed by atoms with E-state index < -0.39 is 5.41 Å². The molecule has 1 aliphatic rings. The van der Waals surface area contributed by atoms with Crippen molar-refractivity contribution in [1.29, 1.82) is 0 Å². The first-order valence-corrected chi connectivity index (χ1v) is 35.8. The summed E-state index contributed by atoms with van der Waals surface area (Å²) in [4.78, 5) is 4.85. The van der Waals surface area contributed by atoms with Crippen molar-refractivity contribution in [3.05, 3.63) is 299 Å².